The quantitative estimate of drug-likeness (QED) is 0.809. The molecular weight excluding hydrogens is 290 g/mol. The van der Waals surface area contributed by atoms with Crippen LogP contribution in [0.2, 0.25) is 0 Å². The fraction of sp³-hybridized carbons (Fsp3) is 0.529. The number of hydrogen-bond donors (Lipinski definition) is 1. The molecule has 0 aromatic carbocycles. The largest absolute Gasteiger partial charge is 0.354 e. The summed E-state index contributed by atoms with van der Waals surface area (Å²) >= 11 is 0. The van der Waals surface area contributed by atoms with Gasteiger partial charge >= 0.3 is 6.03 Å². The van der Waals surface area contributed by atoms with Gasteiger partial charge in [-0.1, -0.05) is 13.0 Å². The zero-order valence-corrected chi connectivity index (χ0v) is 14.2. The average molecular weight is 317 g/mol. The smallest absolute Gasteiger partial charge is 0.317 e. The Kier molecular flexibility index (Phi) is 6.40. The number of carbonyl (C=O) groups is 1. The SMILES string of the molecule is C=CCN(C)C(=O)NCc1ccnc(N2CCN(CC)CC2)c1. The van der Waals surface area contributed by atoms with Gasteiger partial charge in [0.25, 0.3) is 0 Å². The summed E-state index contributed by atoms with van der Waals surface area (Å²) in [6.45, 7) is 12.1. The number of rotatable bonds is 6. The van der Waals surface area contributed by atoms with E-state index in [4.69, 9.17) is 0 Å². The third-order valence-corrected chi connectivity index (χ3v) is 4.15. The van der Waals surface area contributed by atoms with Crippen molar-refractivity contribution in [2.45, 2.75) is 13.5 Å². The predicted octanol–water partition coefficient (Wildman–Crippen LogP) is 1.55. The van der Waals surface area contributed by atoms with Crippen LogP contribution in [-0.2, 0) is 6.54 Å². The van der Waals surface area contributed by atoms with E-state index in [9.17, 15) is 4.79 Å². The van der Waals surface area contributed by atoms with Gasteiger partial charge in [-0.25, -0.2) is 9.78 Å². The minimum absolute atomic E-state index is 0.0974. The minimum Gasteiger partial charge on any atom is -0.354 e. The van der Waals surface area contributed by atoms with Crippen molar-refractivity contribution < 1.29 is 4.79 Å². The molecule has 126 valence electrons. The van der Waals surface area contributed by atoms with Gasteiger partial charge in [0.15, 0.2) is 0 Å². The number of pyridine rings is 1. The van der Waals surface area contributed by atoms with Crippen LogP contribution >= 0.6 is 0 Å². The van der Waals surface area contributed by atoms with Crippen LogP contribution in [0.15, 0.2) is 31.0 Å². The Morgan fingerprint density at radius 2 is 2.17 bits per heavy atom. The number of amides is 2. The molecule has 23 heavy (non-hydrogen) atoms. The van der Waals surface area contributed by atoms with Crippen LogP contribution in [0.25, 0.3) is 0 Å². The number of nitrogens with zero attached hydrogens (tertiary/aromatic N) is 4. The molecular formula is C17H27N5O. The molecule has 1 aliphatic rings. The maximum absolute atomic E-state index is 11.9. The van der Waals surface area contributed by atoms with Crippen LogP contribution in [0, 0.1) is 0 Å². The van der Waals surface area contributed by atoms with Crippen molar-refractivity contribution in [3.63, 3.8) is 0 Å². The van der Waals surface area contributed by atoms with E-state index in [-0.39, 0.29) is 6.03 Å². The first-order valence-corrected chi connectivity index (χ1v) is 8.16. The van der Waals surface area contributed by atoms with Crippen LogP contribution in [0.4, 0.5) is 10.6 Å². The maximum atomic E-state index is 11.9. The number of piperazine rings is 1. The van der Waals surface area contributed by atoms with Crippen molar-refractivity contribution in [2.75, 3.05) is 51.2 Å². The highest BCUT2D eigenvalue weighted by Gasteiger charge is 2.17. The van der Waals surface area contributed by atoms with Crippen LogP contribution in [0.5, 0.6) is 0 Å². The van der Waals surface area contributed by atoms with E-state index in [2.05, 4.69) is 39.7 Å². The molecule has 1 fully saturated rings. The molecule has 2 rings (SSSR count). The standard InChI is InChI=1S/C17H27N5O/c1-4-8-20(3)17(23)19-14-15-6-7-18-16(13-15)22-11-9-21(5-2)10-12-22/h4,6-7,13H,1,5,8-12,14H2,2-3H3,(H,19,23). The average Bonchev–Trinajstić information content (AvgIpc) is 2.60. The van der Waals surface area contributed by atoms with Crippen LogP contribution in [0.3, 0.4) is 0 Å². The highest BCUT2D eigenvalue weighted by atomic mass is 16.2. The van der Waals surface area contributed by atoms with Gasteiger partial charge in [0.2, 0.25) is 0 Å². The normalized spacial score (nSPS) is 15.3. The molecule has 1 saturated heterocycles. The Hall–Kier alpha value is -2.08. The molecule has 0 aliphatic carbocycles. The second kappa shape index (κ2) is 8.53. The Morgan fingerprint density at radius 1 is 1.43 bits per heavy atom. The topological polar surface area (TPSA) is 51.7 Å². The molecule has 1 aliphatic heterocycles. The third kappa shape index (κ3) is 4.96. The van der Waals surface area contributed by atoms with E-state index in [1.54, 1.807) is 18.0 Å². The molecule has 1 aromatic rings. The van der Waals surface area contributed by atoms with Gasteiger partial charge in [-0.15, -0.1) is 6.58 Å². The van der Waals surface area contributed by atoms with E-state index in [0.29, 0.717) is 13.1 Å². The first-order valence-electron chi connectivity index (χ1n) is 8.16. The summed E-state index contributed by atoms with van der Waals surface area (Å²) in [5, 5.41) is 2.91. The van der Waals surface area contributed by atoms with Crippen molar-refractivity contribution in [3.8, 4) is 0 Å². The second-order valence-corrected chi connectivity index (χ2v) is 5.77. The Morgan fingerprint density at radius 3 is 2.83 bits per heavy atom. The van der Waals surface area contributed by atoms with Crippen molar-refractivity contribution in [3.05, 3.63) is 36.5 Å². The van der Waals surface area contributed by atoms with Gasteiger partial charge in [0.1, 0.15) is 5.82 Å². The lowest BCUT2D eigenvalue weighted by molar-refractivity contribution is 0.212. The first-order chi connectivity index (χ1) is 11.1. The molecule has 6 nitrogen and oxygen atoms in total. The maximum Gasteiger partial charge on any atom is 0.317 e. The number of likely N-dealkylation sites (N-methyl/N-ethyl adjacent to an activating group) is 2. The summed E-state index contributed by atoms with van der Waals surface area (Å²) in [6, 6.07) is 3.91. The van der Waals surface area contributed by atoms with E-state index in [1.165, 1.54) is 0 Å². The molecule has 0 saturated carbocycles. The molecule has 0 radical (unpaired) electrons. The fourth-order valence-corrected chi connectivity index (χ4v) is 2.63. The van der Waals surface area contributed by atoms with Crippen LogP contribution < -0.4 is 10.2 Å². The van der Waals surface area contributed by atoms with Gasteiger partial charge in [-0.3, -0.25) is 0 Å². The third-order valence-electron chi connectivity index (χ3n) is 4.15. The number of hydrogen-bond acceptors (Lipinski definition) is 4. The summed E-state index contributed by atoms with van der Waals surface area (Å²) < 4.78 is 0. The van der Waals surface area contributed by atoms with Crippen molar-refractivity contribution in [2.24, 2.45) is 0 Å². The van der Waals surface area contributed by atoms with Gasteiger partial charge < -0.3 is 20.0 Å². The molecule has 0 bridgehead atoms. The molecule has 0 spiro atoms. The van der Waals surface area contributed by atoms with E-state index in [1.807, 2.05) is 12.3 Å². The minimum atomic E-state index is -0.0974. The Balaban J connectivity index is 1.90. The zero-order chi connectivity index (χ0) is 16.7. The highest BCUT2D eigenvalue weighted by Crippen LogP contribution is 2.15. The van der Waals surface area contributed by atoms with Gasteiger partial charge in [0.05, 0.1) is 0 Å². The molecule has 0 unspecified atom stereocenters. The van der Waals surface area contributed by atoms with Crippen molar-refractivity contribution in [1.29, 1.82) is 0 Å². The summed E-state index contributed by atoms with van der Waals surface area (Å²) in [4.78, 5) is 22.7. The number of carbonyl (C=O) groups excluding carboxylic acids is 1. The number of urea groups is 1. The number of aromatic nitrogens is 1. The van der Waals surface area contributed by atoms with Crippen molar-refractivity contribution >= 4 is 11.8 Å². The molecule has 6 heteroatoms. The number of anilines is 1. The highest BCUT2D eigenvalue weighted by molar-refractivity contribution is 5.74. The van der Waals surface area contributed by atoms with Gasteiger partial charge in [0, 0.05) is 52.5 Å². The van der Waals surface area contributed by atoms with Gasteiger partial charge in [-0.2, -0.15) is 0 Å². The summed E-state index contributed by atoms with van der Waals surface area (Å²) in [5.74, 6) is 0.993. The molecule has 2 amide bonds. The molecule has 1 aromatic heterocycles. The molecule has 1 N–H and O–H groups in total. The Bertz CT molecular complexity index is 525. The predicted molar refractivity (Wildman–Crippen MR) is 93.6 cm³/mol. The van der Waals surface area contributed by atoms with Crippen LogP contribution in [0.1, 0.15) is 12.5 Å². The van der Waals surface area contributed by atoms with Gasteiger partial charge in [-0.05, 0) is 24.2 Å². The van der Waals surface area contributed by atoms with Crippen molar-refractivity contribution in [1.82, 2.24) is 20.1 Å². The lowest BCUT2D eigenvalue weighted by Gasteiger charge is -2.34. The monoisotopic (exact) mass is 317 g/mol. The molecule has 0 atom stereocenters. The molecule has 2 heterocycles. The number of nitrogens with one attached hydrogen (secondary N) is 1. The van der Waals surface area contributed by atoms with E-state index >= 15 is 0 Å². The second-order valence-electron chi connectivity index (χ2n) is 5.77. The van der Waals surface area contributed by atoms with Crippen LogP contribution in [-0.4, -0.2) is 67.1 Å². The first kappa shape index (κ1) is 17.3. The lowest BCUT2D eigenvalue weighted by Crippen LogP contribution is -2.46. The summed E-state index contributed by atoms with van der Waals surface area (Å²) in [6.07, 6.45) is 3.52. The van der Waals surface area contributed by atoms with E-state index < -0.39 is 0 Å². The zero-order valence-electron chi connectivity index (χ0n) is 14.2. The lowest BCUT2D eigenvalue weighted by atomic mass is 10.2. The Labute approximate surface area is 138 Å². The fourth-order valence-electron chi connectivity index (χ4n) is 2.63. The summed E-state index contributed by atoms with van der Waals surface area (Å²) in [7, 11) is 1.75. The summed E-state index contributed by atoms with van der Waals surface area (Å²) in [5.41, 5.74) is 1.06. The van der Waals surface area contributed by atoms with E-state index in [0.717, 1.165) is 44.1 Å².